The van der Waals surface area contributed by atoms with Crippen molar-refractivity contribution >= 4 is 96.8 Å². The van der Waals surface area contributed by atoms with Gasteiger partial charge in [-0.2, -0.15) is 0 Å². The molecule has 168 valence electrons. The molecule has 4 rings (SSSR count). The summed E-state index contributed by atoms with van der Waals surface area (Å²) in [5.41, 5.74) is 2.02. The molecule has 0 radical (unpaired) electrons. The number of rotatable bonds is 6. The highest BCUT2D eigenvalue weighted by atomic mass is 127. The van der Waals surface area contributed by atoms with Crippen LogP contribution in [0.4, 0.5) is 4.79 Å². The first-order valence-corrected chi connectivity index (χ1v) is 14.6. The van der Waals surface area contributed by atoms with Gasteiger partial charge in [-0.1, -0.05) is 31.4 Å². The lowest BCUT2D eigenvalue weighted by Crippen LogP contribution is -2.34. The maximum Gasteiger partial charge on any atom is 0.293 e. The van der Waals surface area contributed by atoms with Crippen LogP contribution in [0.25, 0.3) is 6.08 Å². The van der Waals surface area contributed by atoms with Gasteiger partial charge in [-0.15, -0.1) is 0 Å². The molecule has 1 aliphatic heterocycles. The van der Waals surface area contributed by atoms with Crippen molar-refractivity contribution in [2.45, 2.75) is 38.7 Å². The SMILES string of the molecule is O=C1S/C(=C/c2cc(I)c(OCc3ccc(I)cc3)c(I)c2)C(=O)N1CC1CCCCC1. The van der Waals surface area contributed by atoms with Crippen molar-refractivity contribution in [1.29, 1.82) is 0 Å². The van der Waals surface area contributed by atoms with Gasteiger partial charge < -0.3 is 4.74 Å². The van der Waals surface area contributed by atoms with E-state index in [-0.39, 0.29) is 11.1 Å². The maximum absolute atomic E-state index is 12.9. The Morgan fingerprint density at radius 1 is 1.00 bits per heavy atom. The number of carbonyl (C=O) groups is 2. The van der Waals surface area contributed by atoms with Crippen molar-refractivity contribution in [1.82, 2.24) is 4.90 Å². The number of carbonyl (C=O) groups excluding carboxylic acids is 2. The van der Waals surface area contributed by atoms with Gasteiger partial charge in [0.1, 0.15) is 12.4 Å². The fraction of sp³-hybridized carbons (Fsp3) is 0.333. The molecule has 0 aromatic heterocycles. The Hall–Kier alpha value is -0.340. The van der Waals surface area contributed by atoms with Crippen LogP contribution in [0.2, 0.25) is 0 Å². The summed E-state index contributed by atoms with van der Waals surface area (Å²) in [5, 5.41) is -0.145. The molecule has 2 amide bonds. The highest BCUT2D eigenvalue weighted by molar-refractivity contribution is 14.1. The molecule has 4 nitrogen and oxygen atoms in total. The average Bonchev–Trinajstić information content (AvgIpc) is 3.02. The lowest BCUT2D eigenvalue weighted by molar-refractivity contribution is -0.123. The standard InChI is InChI=1S/C24H22I3NO3S/c25-18-8-6-16(7-9-18)14-31-22-19(26)10-17(11-20(22)27)12-21-23(29)28(24(30)32-21)13-15-4-2-1-3-5-15/h6-12,15H,1-5,13-14H2/b21-12+. The number of thioether (sulfide) groups is 1. The van der Waals surface area contributed by atoms with E-state index in [1.54, 1.807) is 0 Å². The van der Waals surface area contributed by atoms with Crippen LogP contribution in [0.1, 0.15) is 43.2 Å². The largest absolute Gasteiger partial charge is 0.487 e. The molecular weight excluding hydrogens is 763 g/mol. The Bertz CT molecular complexity index is 1030. The van der Waals surface area contributed by atoms with E-state index < -0.39 is 0 Å². The normalized spacial score (nSPS) is 18.6. The third kappa shape index (κ3) is 6.21. The van der Waals surface area contributed by atoms with Crippen LogP contribution in [-0.2, 0) is 11.4 Å². The van der Waals surface area contributed by atoms with Crippen molar-refractivity contribution < 1.29 is 14.3 Å². The molecule has 1 saturated heterocycles. The monoisotopic (exact) mass is 785 g/mol. The summed E-state index contributed by atoms with van der Waals surface area (Å²) in [6.45, 7) is 1.06. The second-order valence-corrected chi connectivity index (χ2v) is 12.6. The first-order chi connectivity index (χ1) is 15.4. The van der Waals surface area contributed by atoms with Gasteiger partial charge in [0, 0.05) is 10.1 Å². The Morgan fingerprint density at radius 2 is 1.66 bits per heavy atom. The third-order valence-electron chi connectivity index (χ3n) is 5.65. The fourth-order valence-corrected chi connectivity index (χ4v) is 7.31. The number of imide groups is 1. The van der Waals surface area contributed by atoms with Gasteiger partial charge in [0.25, 0.3) is 11.1 Å². The van der Waals surface area contributed by atoms with Crippen LogP contribution < -0.4 is 4.74 Å². The van der Waals surface area contributed by atoms with E-state index >= 15 is 0 Å². The first kappa shape index (κ1) is 24.8. The zero-order valence-corrected chi connectivity index (χ0v) is 24.6. The molecule has 0 unspecified atom stereocenters. The second-order valence-electron chi connectivity index (χ2n) is 8.03. The minimum absolute atomic E-state index is 0.145. The van der Waals surface area contributed by atoms with Gasteiger partial charge >= 0.3 is 0 Å². The molecule has 2 aliphatic rings. The lowest BCUT2D eigenvalue weighted by atomic mass is 9.89. The Labute approximate surface area is 233 Å². The molecule has 1 aliphatic carbocycles. The molecule has 0 atom stereocenters. The Morgan fingerprint density at radius 3 is 2.31 bits per heavy atom. The topological polar surface area (TPSA) is 46.6 Å². The molecule has 32 heavy (non-hydrogen) atoms. The summed E-state index contributed by atoms with van der Waals surface area (Å²) < 4.78 is 9.24. The third-order valence-corrected chi connectivity index (χ3v) is 8.88. The smallest absolute Gasteiger partial charge is 0.293 e. The molecule has 0 spiro atoms. The van der Waals surface area contributed by atoms with Gasteiger partial charge in [-0.05, 0) is 140 Å². The van der Waals surface area contributed by atoms with Crippen LogP contribution >= 0.6 is 79.5 Å². The number of nitrogens with zero attached hydrogens (tertiary/aromatic N) is 1. The van der Waals surface area contributed by atoms with E-state index in [4.69, 9.17) is 4.74 Å². The van der Waals surface area contributed by atoms with E-state index in [2.05, 4.69) is 92.0 Å². The van der Waals surface area contributed by atoms with E-state index in [0.717, 1.165) is 48.6 Å². The molecule has 8 heteroatoms. The summed E-state index contributed by atoms with van der Waals surface area (Å²) in [6, 6.07) is 12.3. The average molecular weight is 785 g/mol. The van der Waals surface area contributed by atoms with Crippen LogP contribution in [0.3, 0.4) is 0 Å². The fourth-order valence-electron chi connectivity index (χ4n) is 3.97. The molecule has 2 fully saturated rings. The number of halogens is 3. The molecule has 1 heterocycles. The number of hydrogen-bond donors (Lipinski definition) is 0. The van der Waals surface area contributed by atoms with Crippen molar-refractivity contribution in [2.24, 2.45) is 5.92 Å². The molecular formula is C24H22I3NO3S. The zero-order valence-electron chi connectivity index (χ0n) is 17.3. The van der Waals surface area contributed by atoms with Gasteiger partial charge in [0.15, 0.2) is 0 Å². The summed E-state index contributed by atoms with van der Waals surface area (Å²) in [7, 11) is 0. The second kappa shape index (κ2) is 11.4. The summed E-state index contributed by atoms with van der Waals surface area (Å²) >= 11 is 7.88. The molecule has 2 aromatic carbocycles. The number of benzene rings is 2. The predicted molar refractivity (Wildman–Crippen MR) is 155 cm³/mol. The lowest BCUT2D eigenvalue weighted by Gasteiger charge is -2.25. The van der Waals surface area contributed by atoms with Gasteiger partial charge in [0.05, 0.1) is 12.0 Å². The van der Waals surface area contributed by atoms with Crippen molar-refractivity contribution in [3.8, 4) is 5.75 Å². The van der Waals surface area contributed by atoms with E-state index in [9.17, 15) is 9.59 Å². The van der Waals surface area contributed by atoms with Crippen molar-refractivity contribution in [2.75, 3.05) is 6.54 Å². The van der Waals surface area contributed by atoms with Crippen LogP contribution in [0, 0.1) is 16.6 Å². The highest BCUT2D eigenvalue weighted by Gasteiger charge is 2.36. The summed E-state index contributed by atoms with van der Waals surface area (Å²) in [5.74, 6) is 1.13. The Balaban J connectivity index is 1.45. The molecule has 1 saturated carbocycles. The molecule has 0 bridgehead atoms. The first-order valence-electron chi connectivity index (χ1n) is 10.5. The van der Waals surface area contributed by atoms with Crippen molar-refractivity contribution in [3.05, 3.63) is 63.1 Å². The number of hydrogen-bond acceptors (Lipinski definition) is 4. The van der Waals surface area contributed by atoms with E-state index in [1.807, 2.05) is 18.2 Å². The van der Waals surface area contributed by atoms with E-state index in [1.165, 1.54) is 27.7 Å². The maximum atomic E-state index is 12.9. The van der Waals surface area contributed by atoms with E-state index in [0.29, 0.717) is 24.0 Å². The summed E-state index contributed by atoms with van der Waals surface area (Å²) in [4.78, 5) is 27.3. The van der Waals surface area contributed by atoms with Gasteiger partial charge in [0.2, 0.25) is 0 Å². The number of ether oxygens (including phenoxy) is 1. The van der Waals surface area contributed by atoms with Gasteiger partial charge in [-0.3, -0.25) is 14.5 Å². The van der Waals surface area contributed by atoms with Crippen LogP contribution in [0.5, 0.6) is 5.75 Å². The Kier molecular flexibility index (Phi) is 8.82. The molecule has 2 aromatic rings. The highest BCUT2D eigenvalue weighted by Crippen LogP contribution is 2.36. The minimum atomic E-state index is -0.158. The van der Waals surface area contributed by atoms with Gasteiger partial charge in [-0.25, -0.2) is 0 Å². The quantitative estimate of drug-likeness (QED) is 0.223. The summed E-state index contributed by atoms with van der Waals surface area (Å²) in [6.07, 6.45) is 7.72. The van der Waals surface area contributed by atoms with Crippen LogP contribution in [0.15, 0.2) is 41.3 Å². The van der Waals surface area contributed by atoms with Crippen LogP contribution in [-0.4, -0.2) is 22.6 Å². The molecule has 0 N–H and O–H groups in total. The van der Waals surface area contributed by atoms with Crippen molar-refractivity contribution in [3.63, 3.8) is 0 Å². The number of amides is 2. The predicted octanol–water partition coefficient (Wildman–Crippen LogP) is 7.70. The minimum Gasteiger partial charge on any atom is -0.487 e. The zero-order chi connectivity index (χ0) is 22.7.